The van der Waals surface area contributed by atoms with E-state index in [1.165, 1.54) is 0 Å². The van der Waals surface area contributed by atoms with Crippen LogP contribution in [-0.2, 0) is 16.9 Å². The maximum atomic E-state index is 10.2. The summed E-state index contributed by atoms with van der Waals surface area (Å²) in [6, 6.07) is 0. The molecule has 1 saturated carbocycles. The Morgan fingerprint density at radius 3 is 3.08 bits per heavy atom. The van der Waals surface area contributed by atoms with Crippen LogP contribution in [0.1, 0.15) is 25.5 Å². The van der Waals surface area contributed by atoms with E-state index in [2.05, 4.69) is 9.98 Å². The molecule has 0 N–H and O–H groups in total. The van der Waals surface area contributed by atoms with Crippen molar-refractivity contribution in [1.82, 2.24) is 9.55 Å². The van der Waals surface area contributed by atoms with Crippen molar-refractivity contribution in [2.24, 2.45) is 4.99 Å². The summed E-state index contributed by atoms with van der Waals surface area (Å²) in [5.74, 6) is 0. The van der Waals surface area contributed by atoms with Gasteiger partial charge in [0, 0.05) is 6.54 Å². The molecule has 0 unspecified atom stereocenters. The molecular weight excluding hydrogens is 166 g/mol. The van der Waals surface area contributed by atoms with E-state index in [4.69, 9.17) is 0 Å². The van der Waals surface area contributed by atoms with Gasteiger partial charge in [0.15, 0.2) is 0 Å². The molecule has 0 amide bonds. The van der Waals surface area contributed by atoms with Gasteiger partial charge in [0.05, 0.1) is 18.2 Å². The van der Waals surface area contributed by atoms with Gasteiger partial charge in [-0.25, -0.2) is 9.78 Å². The summed E-state index contributed by atoms with van der Waals surface area (Å²) in [6.45, 7) is 2.91. The largest absolute Gasteiger partial charge is 0.333 e. The van der Waals surface area contributed by atoms with Crippen LogP contribution in [0.15, 0.2) is 17.5 Å². The number of aryl methyl sites for hydroxylation is 1. The number of aliphatic imine (C=N–C) groups is 1. The summed E-state index contributed by atoms with van der Waals surface area (Å²) < 4.78 is 2.02. The second-order valence-corrected chi connectivity index (χ2v) is 3.30. The lowest BCUT2D eigenvalue weighted by Crippen LogP contribution is -2.09. The van der Waals surface area contributed by atoms with Crippen LogP contribution >= 0.6 is 0 Å². The second kappa shape index (κ2) is 2.82. The highest BCUT2D eigenvalue weighted by Crippen LogP contribution is 2.48. The maximum Gasteiger partial charge on any atom is 0.235 e. The molecule has 4 heteroatoms. The van der Waals surface area contributed by atoms with Crippen LogP contribution in [0.4, 0.5) is 0 Å². The lowest BCUT2D eigenvalue weighted by Gasteiger charge is -2.09. The van der Waals surface area contributed by atoms with E-state index in [1.54, 1.807) is 18.6 Å². The fraction of sp³-hybridized carbons (Fsp3) is 0.556. The molecule has 1 aliphatic rings. The molecule has 0 aliphatic heterocycles. The number of nitrogens with zero attached hydrogens (tertiary/aromatic N) is 3. The van der Waals surface area contributed by atoms with Gasteiger partial charge >= 0.3 is 0 Å². The average Bonchev–Trinajstić information content (AvgIpc) is 2.77. The van der Waals surface area contributed by atoms with Crippen LogP contribution in [0, 0.1) is 0 Å². The fourth-order valence-electron chi connectivity index (χ4n) is 1.59. The molecule has 2 rings (SSSR count). The first-order valence-electron chi connectivity index (χ1n) is 4.42. The summed E-state index contributed by atoms with van der Waals surface area (Å²) in [7, 11) is 0. The predicted octanol–water partition coefficient (Wildman–Crippen LogP) is 1.23. The zero-order chi connectivity index (χ0) is 9.31. The summed E-state index contributed by atoms with van der Waals surface area (Å²) in [4.78, 5) is 18.1. The minimum atomic E-state index is -0.283. The third-order valence-corrected chi connectivity index (χ3v) is 2.51. The lowest BCUT2D eigenvalue weighted by molar-refractivity contribution is 0.550. The van der Waals surface area contributed by atoms with Crippen molar-refractivity contribution >= 4 is 6.08 Å². The van der Waals surface area contributed by atoms with Gasteiger partial charge in [-0.15, -0.1) is 0 Å². The molecule has 0 bridgehead atoms. The van der Waals surface area contributed by atoms with Crippen molar-refractivity contribution in [3.8, 4) is 0 Å². The van der Waals surface area contributed by atoms with Crippen molar-refractivity contribution in [2.75, 3.05) is 0 Å². The van der Waals surface area contributed by atoms with Crippen molar-refractivity contribution in [1.29, 1.82) is 0 Å². The van der Waals surface area contributed by atoms with E-state index >= 15 is 0 Å². The molecule has 1 aromatic rings. The fourth-order valence-corrected chi connectivity index (χ4v) is 1.59. The molecule has 1 aromatic heterocycles. The minimum Gasteiger partial charge on any atom is -0.333 e. The zero-order valence-electron chi connectivity index (χ0n) is 7.53. The molecule has 1 fully saturated rings. The van der Waals surface area contributed by atoms with Crippen molar-refractivity contribution in [3.05, 3.63) is 18.2 Å². The first-order chi connectivity index (χ1) is 6.32. The molecular formula is C9H11N3O. The van der Waals surface area contributed by atoms with Crippen LogP contribution in [-0.4, -0.2) is 15.6 Å². The Balaban J connectivity index is 2.39. The standard InChI is InChI=1S/C9H11N3O/c1-2-12-6-10-5-8(12)9(3-4-9)11-7-13/h5-6H,2-4H2,1H3. The Kier molecular flexibility index (Phi) is 1.78. The number of rotatable bonds is 3. The van der Waals surface area contributed by atoms with Crippen LogP contribution in [0.2, 0.25) is 0 Å². The molecule has 0 spiro atoms. The third kappa shape index (κ3) is 1.19. The van der Waals surface area contributed by atoms with Crippen LogP contribution < -0.4 is 0 Å². The third-order valence-electron chi connectivity index (χ3n) is 2.51. The van der Waals surface area contributed by atoms with E-state index in [-0.39, 0.29) is 5.54 Å². The Bertz CT molecular complexity index is 359. The smallest absolute Gasteiger partial charge is 0.235 e. The minimum absolute atomic E-state index is 0.283. The van der Waals surface area contributed by atoms with E-state index in [0.29, 0.717) is 0 Å². The van der Waals surface area contributed by atoms with E-state index in [9.17, 15) is 4.79 Å². The maximum absolute atomic E-state index is 10.2. The molecule has 0 radical (unpaired) electrons. The van der Waals surface area contributed by atoms with Gasteiger partial charge in [-0.3, -0.25) is 0 Å². The summed E-state index contributed by atoms with van der Waals surface area (Å²) in [5.41, 5.74) is 0.757. The van der Waals surface area contributed by atoms with Crippen LogP contribution in [0.3, 0.4) is 0 Å². The molecule has 0 atom stereocenters. The van der Waals surface area contributed by atoms with Crippen LogP contribution in [0.25, 0.3) is 0 Å². The van der Waals surface area contributed by atoms with Gasteiger partial charge in [0.25, 0.3) is 0 Å². The molecule has 1 aliphatic carbocycles. The predicted molar refractivity (Wildman–Crippen MR) is 46.9 cm³/mol. The highest BCUT2D eigenvalue weighted by atomic mass is 16.1. The monoisotopic (exact) mass is 177 g/mol. The van der Waals surface area contributed by atoms with Gasteiger partial charge in [-0.1, -0.05) is 0 Å². The molecule has 13 heavy (non-hydrogen) atoms. The highest BCUT2D eigenvalue weighted by molar-refractivity contribution is 5.39. The highest BCUT2D eigenvalue weighted by Gasteiger charge is 2.47. The Morgan fingerprint density at radius 1 is 1.77 bits per heavy atom. The van der Waals surface area contributed by atoms with Gasteiger partial charge < -0.3 is 4.57 Å². The topological polar surface area (TPSA) is 47.2 Å². The second-order valence-electron chi connectivity index (χ2n) is 3.30. The van der Waals surface area contributed by atoms with Gasteiger partial charge in [0.1, 0.15) is 5.54 Å². The van der Waals surface area contributed by atoms with Crippen LogP contribution in [0.5, 0.6) is 0 Å². The van der Waals surface area contributed by atoms with E-state index < -0.39 is 0 Å². The van der Waals surface area contributed by atoms with Crippen molar-refractivity contribution < 1.29 is 4.79 Å². The summed E-state index contributed by atoms with van der Waals surface area (Å²) in [5, 5.41) is 0. The van der Waals surface area contributed by atoms with Gasteiger partial charge in [-0.05, 0) is 19.8 Å². The number of hydrogen-bond acceptors (Lipinski definition) is 3. The number of imidazole rings is 1. The number of isocyanates is 1. The Morgan fingerprint density at radius 2 is 2.54 bits per heavy atom. The molecule has 4 nitrogen and oxygen atoms in total. The normalized spacial score (nSPS) is 17.9. The van der Waals surface area contributed by atoms with Gasteiger partial charge in [-0.2, -0.15) is 4.99 Å². The van der Waals surface area contributed by atoms with Gasteiger partial charge in [0.2, 0.25) is 6.08 Å². The number of carbonyl (C=O) groups excluding carboxylic acids is 1. The van der Waals surface area contributed by atoms with Crippen molar-refractivity contribution in [3.63, 3.8) is 0 Å². The number of aromatic nitrogens is 2. The SMILES string of the molecule is CCn1cncc1C1(N=C=O)CC1. The average molecular weight is 177 g/mol. The quantitative estimate of drug-likeness (QED) is 0.515. The van der Waals surface area contributed by atoms with E-state index in [0.717, 1.165) is 25.1 Å². The summed E-state index contributed by atoms with van der Waals surface area (Å²) in [6.07, 6.45) is 7.08. The molecule has 0 saturated heterocycles. The first-order valence-corrected chi connectivity index (χ1v) is 4.42. The Hall–Kier alpha value is -1.41. The van der Waals surface area contributed by atoms with Crippen molar-refractivity contribution in [2.45, 2.75) is 31.8 Å². The van der Waals surface area contributed by atoms with E-state index in [1.807, 2.05) is 11.5 Å². The number of hydrogen-bond donors (Lipinski definition) is 0. The lowest BCUT2D eigenvalue weighted by atomic mass is 10.2. The molecule has 0 aromatic carbocycles. The summed E-state index contributed by atoms with van der Waals surface area (Å²) >= 11 is 0. The zero-order valence-corrected chi connectivity index (χ0v) is 7.53. The molecule has 68 valence electrons. The Labute approximate surface area is 76.3 Å². The molecule has 1 heterocycles. The first kappa shape index (κ1) is 8.20.